The summed E-state index contributed by atoms with van der Waals surface area (Å²) in [5.74, 6) is 3.87. The number of amides is 1. The number of benzene rings is 1. The first-order valence-corrected chi connectivity index (χ1v) is 6.42. The van der Waals surface area contributed by atoms with E-state index in [1.807, 2.05) is 20.8 Å². The average molecular weight is 298 g/mol. The van der Waals surface area contributed by atoms with Crippen molar-refractivity contribution in [2.75, 3.05) is 12.5 Å². The van der Waals surface area contributed by atoms with Gasteiger partial charge in [0, 0.05) is 13.1 Å². The van der Waals surface area contributed by atoms with E-state index in [-0.39, 0.29) is 23.2 Å². The number of hydrogen-bond donors (Lipinski definition) is 2. The fourth-order valence-electron chi connectivity index (χ4n) is 1.82. The lowest BCUT2D eigenvalue weighted by Gasteiger charge is -2.28. The molecule has 0 saturated heterocycles. The summed E-state index contributed by atoms with van der Waals surface area (Å²) in [6.45, 7) is 5.70. The number of nitrogens with one attached hydrogen (secondary N) is 1. The Bertz CT molecular complexity index is 563. The first-order chi connectivity index (χ1) is 9.70. The minimum absolute atomic E-state index is 0.128. The van der Waals surface area contributed by atoms with Gasteiger partial charge in [-0.15, -0.1) is 0 Å². The van der Waals surface area contributed by atoms with Gasteiger partial charge < -0.3 is 10.3 Å². The predicted octanol–water partition coefficient (Wildman–Crippen LogP) is 2.14. The number of hydrazine groups is 1. The van der Waals surface area contributed by atoms with Crippen LogP contribution >= 0.6 is 0 Å². The highest BCUT2D eigenvalue weighted by Crippen LogP contribution is 2.27. The summed E-state index contributed by atoms with van der Waals surface area (Å²) in [6.07, 6.45) is 0. The van der Waals surface area contributed by atoms with Gasteiger partial charge in [-0.3, -0.25) is 20.8 Å². The second-order valence-electron chi connectivity index (χ2n) is 5.15. The Balaban J connectivity index is 3.33. The predicted molar refractivity (Wildman–Crippen MR) is 77.3 cm³/mol. The first-order valence-electron chi connectivity index (χ1n) is 6.42. The zero-order valence-electron chi connectivity index (χ0n) is 12.4. The number of nitrogen functional groups attached to an aromatic ring is 1. The van der Waals surface area contributed by atoms with Crippen molar-refractivity contribution in [1.82, 2.24) is 4.90 Å². The summed E-state index contributed by atoms with van der Waals surface area (Å²) < 4.78 is 13.6. The Labute approximate surface area is 122 Å². The number of halogens is 1. The Kier molecular flexibility index (Phi) is 5.20. The molecule has 0 aliphatic rings. The van der Waals surface area contributed by atoms with Crippen LogP contribution in [0.25, 0.3) is 0 Å². The standard InChI is InChI=1S/C13H19FN4O3/c1-7(2)8(3)17(4)13(19)9-5-11(16-15)10(14)6-12(9)18(20)21/h5-8,16H,15H2,1-4H3. The minimum Gasteiger partial charge on any atom is -0.339 e. The molecule has 3 N–H and O–H groups in total. The highest BCUT2D eigenvalue weighted by atomic mass is 19.1. The monoisotopic (exact) mass is 298 g/mol. The summed E-state index contributed by atoms with van der Waals surface area (Å²) in [5, 5.41) is 11.0. The van der Waals surface area contributed by atoms with Crippen LogP contribution in [0.1, 0.15) is 31.1 Å². The van der Waals surface area contributed by atoms with Crippen molar-refractivity contribution in [3.8, 4) is 0 Å². The number of rotatable bonds is 5. The van der Waals surface area contributed by atoms with E-state index >= 15 is 0 Å². The molecule has 0 aliphatic carbocycles. The molecule has 1 aromatic rings. The quantitative estimate of drug-likeness (QED) is 0.492. The largest absolute Gasteiger partial charge is 0.339 e. The summed E-state index contributed by atoms with van der Waals surface area (Å²) in [6, 6.07) is 1.62. The summed E-state index contributed by atoms with van der Waals surface area (Å²) in [4.78, 5) is 24.1. The van der Waals surface area contributed by atoms with E-state index in [1.165, 1.54) is 4.90 Å². The summed E-state index contributed by atoms with van der Waals surface area (Å²) in [5.41, 5.74) is 1.12. The van der Waals surface area contributed by atoms with Gasteiger partial charge in [0.2, 0.25) is 0 Å². The maximum absolute atomic E-state index is 13.6. The van der Waals surface area contributed by atoms with Crippen LogP contribution in [0.3, 0.4) is 0 Å². The number of nitrogens with zero attached hydrogens (tertiary/aromatic N) is 2. The molecular weight excluding hydrogens is 279 g/mol. The second-order valence-corrected chi connectivity index (χ2v) is 5.15. The number of hydrogen-bond acceptors (Lipinski definition) is 5. The maximum Gasteiger partial charge on any atom is 0.285 e. The number of carbonyl (C=O) groups is 1. The van der Waals surface area contributed by atoms with Crippen molar-refractivity contribution in [1.29, 1.82) is 0 Å². The van der Waals surface area contributed by atoms with Gasteiger partial charge >= 0.3 is 0 Å². The van der Waals surface area contributed by atoms with Crippen molar-refractivity contribution >= 4 is 17.3 Å². The van der Waals surface area contributed by atoms with E-state index in [2.05, 4.69) is 5.43 Å². The molecule has 1 aromatic carbocycles. The first kappa shape index (κ1) is 16.8. The third-order valence-electron chi connectivity index (χ3n) is 3.56. The Hall–Kier alpha value is -2.22. The van der Waals surface area contributed by atoms with Gasteiger partial charge in [-0.1, -0.05) is 13.8 Å². The number of nitro benzene ring substituents is 1. The van der Waals surface area contributed by atoms with Crippen LogP contribution in [0.5, 0.6) is 0 Å². The van der Waals surface area contributed by atoms with E-state index < -0.39 is 22.3 Å². The normalized spacial score (nSPS) is 12.1. The van der Waals surface area contributed by atoms with Gasteiger partial charge in [-0.25, -0.2) is 4.39 Å². The Morgan fingerprint density at radius 2 is 2.00 bits per heavy atom. The van der Waals surface area contributed by atoms with Crippen molar-refractivity contribution in [3.63, 3.8) is 0 Å². The highest BCUT2D eigenvalue weighted by molar-refractivity contribution is 5.99. The van der Waals surface area contributed by atoms with Crippen LogP contribution in [0, 0.1) is 21.8 Å². The minimum atomic E-state index is -0.889. The lowest BCUT2D eigenvalue weighted by atomic mass is 10.0. The smallest absolute Gasteiger partial charge is 0.285 e. The molecule has 0 aliphatic heterocycles. The van der Waals surface area contributed by atoms with Crippen molar-refractivity contribution in [3.05, 3.63) is 33.6 Å². The van der Waals surface area contributed by atoms with Crippen LogP contribution in [-0.2, 0) is 0 Å². The molecule has 8 heteroatoms. The van der Waals surface area contributed by atoms with Crippen LogP contribution < -0.4 is 11.3 Å². The summed E-state index contributed by atoms with van der Waals surface area (Å²) >= 11 is 0. The van der Waals surface area contributed by atoms with Crippen molar-refractivity contribution in [2.24, 2.45) is 11.8 Å². The molecule has 1 rings (SSSR count). The molecule has 0 radical (unpaired) electrons. The van der Waals surface area contributed by atoms with E-state index in [1.54, 1.807) is 7.05 Å². The van der Waals surface area contributed by atoms with Crippen LogP contribution in [0.2, 0.25) is 0 Å². The van der Waals surface area contributed by atoms with Crippen molar-refractivity contribution < 1.29 is 14.1 Å². The maximum atomic E-state index is 13.6. The fourth-order valence-corrected chi connectivity index (χ4v) is 1.82. The Morgan fingerprint density at radius 3 is 2.43 bits per heavy atom. The third-order valence-corrected chi connectivity index (χ3v) is 3.56. The number of anilines is 1. The average Bonchev–Trinajstić information content (AvgIpc) is 2.44. The molecule has 0 spiro atoms. The van der Waals surface area contributed by atoms with Gasteiger partial charge in [0.1, 0.15) is 5.56 Å². The fraction of sp³-hybridized carbons (Fsp3) is 0.462. The molecule has 1 atom stereocenters. The molecule has 0 saturated carbocycles. The molecule has 21 heavy (non-hydrogen) atoms. The molecule has 0 fully saturated rings. The van der Waals surface area contributed by atoms with Gasteiger partial charge in [0.15, 0.2) is 5.82 Å². The zero-order chi connectivity index (χ0) is 16.3. The molecular formula is C13H19FN4O3. The van der Waals surface area contributed by atoms with E-state index in [9.17, 15) is 19.3 Å². The molecule has 7 nitrogen and oxygen atoms in total. The highest BCUT2D eigenvalue weighted by Gasteiger charge is 2.28. The van der Waals surface area contributed by atoms with E-state index in [0.717, 1.165) is 6.07 Å². The van der Waals surface area contributed by atoms with E-state index in [4.69, 9.17) is 5.84 Å². The van der Waals surface area contributed by atoms with Crippen LogP contribution in [-0.4, -0.2) is 28.8 Å². The van der Waals surface area contributed by atoms with Crippen LogP contribution in [0.15, 0.2) is 12.1 Å². The molecule has 0 bridgehead atoms. The molecule has 0 heterocycles. The number of nitrogens with two attached hydrogens (primary N) is 1. The molecule has 1 unspecified atom stereocenters. The number of carbonyl (C=O) groups excluding carboxylic acids is 1. The molecule has 0 aromatic heterocycles. The third kappa shape index (κ3) is 3.46. The summed E-state index contributed by atoms with van der Waals surface area (Å²) in [7, 11) is 1.55. The van der Waals surface area contributed by atoms with Crippen LogP contribution in [0.4, 0.5) is 15.8 Å². The zero-order valence-corrected chi connectivity index (χ0v) is 12.4. The van der Waals surface area contributed by atoms with Gasteiger partial charge in [-0.05, 0) is 18.9 Å². The van der Waals surface area contributed by atoms with Gasteiger partial charge in [0.05, 0.1) is 16.7 Å². The van der Waals surface area contributed by atoms with E-state index in [0.29, 0.717) is 6.07 Å². The number of nitro groups is 1. The van der Waals surface area contributed by atoms with Gasteiger partial charge in [0.25, 0.3) is 11.6 Å². The lowest BCUT2D eigenvalue weighted by molar-refractivity contribution is -0.385. The topological polar surface area (TPSA) is 102 Å². The second kappa shape index (κ2) is 6.49. The van der Waals surface area contributed by atoms with Gasteiger partial charge in [-0.2, -0.15) is 0 Å². The molecule has 116 valence electrons. The molecule has 1 amide bonds. The lowest BCUT2D eigenvalue weighted by Crippen LogP contribution is -2.38. The SMILES string of the molecule is CC(C)C(C)N(C)C(=O)c1cc(NN)c(F)cc1[N+](=O)[O-]. The van der Waals surface area contributed by atoms with Crippen molar-refractivity contribution in [2.45, 2.75) is 26.8 Å². The Morgan fingerprint density at radius 1 is 1.43 bits per heavy atom.